The lowest BCUT2D eigenvalue weighted by Gasteiger charge is -2.31. The number of halogens is 1. The van der Waals surface area contributed by atoms with E-state index in [1.54, 1.807) is 0 Å². The number of carbonyl (C=O) groups is 2. The molecule has 6 heteroatoms. The van der Waals surface area contributed by atoms with Gasteiger partial charge in [-0.25, -0.2) is 0 Å². The van der Waals surface area contributed by atoms with Gasteiger partial charge in [-0.15, -0.1) is 0 Å². The minimum atomic E-state index is -1.12. The summed E-state index contributed by atoms with van der Waals surface area (Å²) in [5.41, 5.74) is 1.16. The number of hydrogen-bond donors (Lipinski definition) is 0. The van der Waals surface area contributed by atoms with Crippen LogP contribution in [0.15, 0.2) is 24.3 Å². The van der Waals surface area contributed by atoms with Gasteiger partial charge in [-0.05, 0) is 27.1 Å². The van der Waals surface area contributed by atoms with Crippen molar-refractivity contribution >= 4 is 27.9 Å². The average molecular weight is 317 g/mol. The molecule has 0 saturated carbocycles. The first-order valence-electron chi connectivity index (χ1n) is 5.29. The Morgan fingerprint density at radius 1 is 1.28 bits per heavy atom. The molecule has 2 bridgehead atoms. The molecule has 2 saturated heterocycles. The second-order valence-electron chi connectivity index (χ2n) is 4.24. The highest BCUT2D eigenvalue weighted by molar-refractivity contribution is 9.10. The topological polar surface area (TPSA) is 61.8 Å². The quantitative estimate of drug-likeness (QED) is 0.565. The molecule has 0 aromatic heterocycles. The minimum Gasteiger partial charge on any atom is -0.469 e. The number of alkyl halides is 1. The van der Waals surface area contributed by atoms with Crippen molar-refractivity contribution in [3.8, 4) is 0 Å². The molecule has 2 fully saturated rings. The van der Waals surface area contributed by atoms with E-state index < -0.39 is 34.4 Å². The molecule has 0 aromatic rings. The van der Waals surface area contributed by atoms with Crippen molar-refractivity contribution < 1.29 is 23.8 Å². The Labute approximate surface area is 113 Å². The van der Waals surface area contributed by atoms with E-state index in [0.29, 0.717) is 11.1 Å². The number of hydrogen-bond acceptors (Lipinski definition) is 5. The number of esters is 2. The van der Waals surface area contributed by atoms with Crippen molar-refractivity contribution in [3.63, 3.8) is 0 Å². The Morgan fingerprint density at radius 3 is 2.33 bits per heavy atom. The lowest BCUT2D eigenvalue weighted by molar-refractivity contribution is -0.157. The summed E-state index contributed by atoms with van der Waals surface area (Å²) >= 11 is 3.35. The summed E-state index contributed by atoms with van der Waals surface area (Å²) in [4.78, 5) is 23.7. The fourth-order valence-corrected chi connectivity index (χ4v) is 3.42. The summed E-state index contributed by atoms with van der Waals surface area (Å²) in [6, 6.07) is 0. The van der Waals surface area contributed by atoms with Crippen LogP contribution in [-0.4, -0.2) is 36.8 Å². The van der Waals surface area contributed by atoms with E-state index >= 15 is 0 Å². The highest BCUT2D eigenvalue weighted by atomic mass is 79.9. The van der Waals surface area contributed by atoms with Crippen LogP contribution in [0.25, 0.3) is 0 Å². The van der Waals surface area contributed by atoms with E-state index in [1.165, 1.54) is 14.2 Å². The summed E-state index contributed by atoms with van der Waals surface area (Å²) in [6.07, 6.45) is -0.603. The van der Waals surface area contributed by atoms with Crippen LogP contribution in [0.2, 0.25) is 0 Å². The van der Waals surface area contributed by atoms with E-state index in [4.69, 9.17) is 14.2 Å². The molecular formula is C12H13BrO5. The predicted octanol–water partition coefficient (Wildman–Crippen LogP) is 1.18. The van der Waals surface area contributed by atoms with E-state index in [0.717, 1.165) is 0 Å². The first kappa shape index (κ1) is 13.3. The first-order valence-corrected chi connectivity index (χ1v) is 6.08. The van der Waals surface area contributed by atoms with Gasteiger partial charge in [-0.1, -0.05) is 13.2 Å². The molecule has 0 spiro atoms. The van der Waals surface area contributed by atoms with Crippen molar-refractivity contribution in [1.82, 2.24) is 0 Å². The molecule has 0 aliphatic carbocycles. The molecule has 0 aromatic carbocycles. The molecule has 0 radical (unpaired) electrons. The Bertz CT molecular complexity index is 457. The van der Waals surface area contributed by atoms with Crippen LogP contribution in [-0.2, 0) is 23.8 Å². The number of rotatable bonds is 2. The van der Waals surface area contributed by atoms with Gasteiger partial charge in [0.25, 0.3) is 0 Å². The van der Waals surface area contributed by atoms with Crippen molar-refractivity contribution in [3.05, 3.63) is 24.3 Å². The largest absolute Gasteiger partial charge is 0.469 e. The normalized spacial score (nSPS) is 37.8. The van der Waals surface area contributed by atoms with Crippen molar-refractivity contribution in [1.29, 1.82) is 0 Å². The maximum Gasteiger partial charge on any atom is 0.313 e. The summed E-state index contributed by atoms with van der Waals surface area (Å²) < 4.78 is 14.0. The van der Waals surface area contributed by atoms with Gasteiger partial charge in [0.15, 0.2) is 4.51 Å². The van der Waals surface area contributed by atoms with Gasteiger partial charge in [0, 0.05) is 0 Å². The van der Waals surface area contributed by atoms with Gasteiger partial charge >= 0.3 is 11.9 Å². The highest BCUT2D eigenvalue weighted by Gasteiger charge is 2.68. The van der Waals surface area contributed by atoms with Crippen LogP contribution in [0.5, 0.6) is 0 Å². The lowest BCUT2D eigenvalue weighted by Crippen LogP contribution is -2.44. The molecule has 4 atom stereocenters. The molecule has 0 unspecified atom stereocenters. The lowest BCUT2D eigenvalue weighted by atomic mass is 9.75. The Morgan fingerprint density at radius 2 is 1.83 bits per heavy atom. The number of carbonyl (C=O) groups excluding carboxylic acids is 2. The SMILES string of the molecule is C=C1C(=C)[C@]2(Br)O[C@H]1[C@@H](C(=O)OC)[C@H]2C(=O)OC. The summed E-state index contributed by atoms with van der Waals surface area (Å²) in [6.45, 7) is 7.68. The zero-order chi connectivity index (χ0) is 13.7. The Balaban J connectivity index is 2.47. The maximum absolute atomic E-state index is 11.9. The Kier molecular flexibility index (Phi) is 3.11. The molecule has 2 rings (SSSR count). The molecule has 2 heterocycles. The van der Waals surface area contributed by atoms with E-state index in [9.17, 15) is 9.59 Å². The third-order valence-electron chi connectivity index (χ3n) is 3.45. The second kappa shape index (κ2) is 4.20. The fraction of sp³-hybridized carbons (Fsp3) is 0.500. The third kappa shape index (κ3) is 1.48. The zero-order valence-electron chi connectivity index (χ0n) is 10.1. The summed E-state index contributed by atoms with van der Waals surface area (Å²) in [5, 5.41) is 0. The predicted molar refractivity (Wildman–Crippen MR) is 65.8 cm³/mol. The number of methoxy groups -OCH3 is 2. The second-order valence-corrected chi connectivity index (χ2v) is 5.42. The molecular weight excluding hydrogens is 304 g/mol. The summed E-state index contributed by atoms with van der Waals surface area (Å²) in [5.74, 6) is -2.65. The molecule has 0 amide bonds. The van der Waals surface area contributed by atoms with Crippen LogP contribution < -0.4 is 0 Å². The van der Waals surface area contributed by atoms with Crippen LogP contribution in [0.3, 0.4) is 0 Å². The molecule has 5 nitrogen and oxygen atoms in total. The minimum absolute atomic E-state index is 0.523. The van der Waals surface area contributed by atoms with Gasteiger partial charge in [-0.3, -0.25) is 9.59 Å². The molecule has 2 aliphatic heterocycles. The molecule has 98 valence electrons. The van der Waals surface area contributed by atoms with E-state index in [-0.39, 0.29) is 0 Å². The monoisotopic (exact) mass is 316 g/mol. The Hall–Kier alpha value is -1.14. The number of ether oxygens (including phenoxy) is 3. The van der Waals surface area contributed by atoms with Crippen molar-refractivity contribution in [2.75, 3.05) is 14.2 Å². The van der Waals surface area contributed by atoms with Crippen LogP contribution in [0.1, 0.15) is 0 Å². The zero-order valence-corrected chi connectivity index (χ0v) is 11.7. The van der Waals surface area contributed by atoms with E-state index in [2.05, 4.69) is 29.1 Å². The molecule has 0 N–H and O–H groups in total. The van der Waals surface area contributed by atoms with Gasteiger partial charge in [-0.2, -0.15) is 0 Å². The summed E-state index contributed by atoms with van der Waals surface area (Å²) in [7, 11) is 2.53. The van der Waals surface area contributed by atoms with Gasteiger partial charge in [0.2, 0.25) is 0 Å². The molecule has 2 aliphatic rings. The smallest absolute Gasteiger partial charge is 0.313 e. The maximum atomic E-state index is 11.9. The van der Waals surface area contributed by atoms with Crippen LogP contribution >= 0.6 is 15.9 Å². The standard InChI is InChI=1S/C12H13BrO5/c1-5-6(2)12(13)8(11(15)17-4)7(9(5)18-12)10(14)16-3/h7-9H,1-2H2,3-4H3/t7-,8-,9+,12-/m0/s1. The van der Waals surface area contributed by atoms with Gasteiger partial charge in [0.05, 0.1) is 20.3 Å². The fourth-order valence-electron chi connectivity index (χ4n) is 2.50. The third-order valence-corrected chi connectivity index (χ3v) is 4.61. The van der Waals surface area contributed by atoms with Crippen LogP contribution in [0, 0.1) is 11.8 Å². The molecule has 18 heavy (non-hydrogen) atoms. The van der Waals surface area contributed by atoms with Gasteiger partial charge < -0.3 is 14.2 Å². The van der Waals surface area contributed by atoms with Crippen molar-refractivity contribution in [2.24, 2.45) is 11.8 Å². The van der Waals surface area contributed by atoms with Crippen LogP contribution in [0.4, 0.5) is 0 Å². The first-order chi connectivity index (χ1) is 8.38. The van der Waals surface area contributed by atoms with E-state index in [1.807, 2.05) is 0 Å². The highest BCUT2D eigenvalue weighted by Crippen LogP contribution is 2.59. The van der Waals surface area contributed by atoms with Gasteiger partial charge in [0.1, 0.15) is 11.8 Å². The van der Waals surface area contributed by atoms with Crippen molar-refractivity contribution in [2.45, 2.75) is 10.6 Å². The number of fused-ring (bicyclic) bond motifs is 2. The average Bonchev–Trinajstić information content (AvgIpc) is 2.79.